The fraction of sp³-hybridized carbons (Fsp3) is 0.348. The molecule has 2 fully saturated rings. The maximum Gasteiger partial charge on any atom is 0.417 e. The molecule has 1 unspecified atom stereocenters. The van der Waals surface area contributed by atoms with Gasteiger partial charge >= 0.3 is 6.18 Å². The number of carbonyl (C=O) groups is 2. The predicted molar refractivity (Wildman–Crippen MR) is 120 cm³/mol. The summed E-state index contributed by atoms with van der Waals surface area (Å²) in [5, 5.41) is 11.4. The lowest BCUT2D eigenvalue weighted by molar-refractivity contribution is -0.137. The van der Waals surface area contributed by atoms with Gasteiger partial charge in [0.2, 0.25) is 0 Å². The van der Waals surface area contributed by atoms with Gasteiger partial charge in [-0.25, -0.2) is 4.39 Å². The summed E-state index contributed by atoms with van der Waals surface area (Å²) in [6.45, 7) is 0. The minimum Gasteiger partial charge on any atom is -0.355 e. The number of nitriles is 1. The minimum absolute atomic E-state index is 0.0625. The molecule has 6 nitrogen and oxygen atoms in total. The van der Waals surface area contributed by atoms with Crippen LogP contribution in [-0.4, -0.2) is 29.9 Å². The minimum atomic E-state index is -4.79. The van der Waals surface area contributed by atoms with Gasteiger partial charge in [0.25, 0.3) is 11.8 Å². The highest BCUT2D eigenvalue weighted by Crippen LogP contribution is 2.49. The second-order valence-electron chi connectivity index (χ2n) is 8.21. The van der Waals surface area contributed by atoms with Crippen molar-refractivity contribution in [1.29, 1.82) is 5.26 Å². The van der Waals surface area contributed by atoms with Crippen LogP contribution in [0.15, 0.2) is 36.4 Å². The number of hydrogen-bond acceptors (Lipinski definition) is 5. The lowest BCUT2D eigenvalue weighted by Gasteiger charge is -2.36. The number of halogens is 4. The lowest BCUT2D eigenvalue weighted by Crippen LogP contribution is -2.48. The van der Waals surface area contributed by atoms with E-state index in [1.807, 2.05) is 0 Å². The molecule has 1 heterocycles. The quantitative estimate of drug-likeness (QED) is 0.490. The summed E-state index contributed by atoms with van der Waals surface area (Å²) in [7, 11) is 1.37. The lowest BCUT2D eigenvalue weighted by atomic mass is 9.94. The second-order valence-corrected chi connectivity index (χ2v) is 8.67. The molecule has 2 aliphatic rings. The molecule has 2 aromatic carbocycles. The van der Waals surface area contributed by atoms with E-state index in [9.17, 15) is 27.2 Å². The van der Waals surface area contributed by atoms with Gasteiger partial charge in [-0.05, 0) is 49.2 Å². The number of amides is 2. The molecule has 0 radical (unpaired) electrons. The maximum atomic E-state index is 14.8. The van der Waals surface area contributed by atoms with Crippen molar-refractivity contribution in [2.24, 2.45) is 0 Å². The van der Waals surface area contributed by atoms with Crippen molar-refractivity contribution in [1.82, 2.24) is 5.32 Å². The van der Waals surface area contributed by atoms with E-state index in [0.29, 0.717) is 25.7 Å². The number of carbonyl (C=O) groups excluding carboxylic acids is 2. The first kappa shape index (κ1) is 23.9. The molecule has 1 atom stereocenters. The third-order valence-corrected chi connectivity index (χ3v) is 6.84. The zero-order valence-electron chi connectivity index (χ0n) is 18.0. The van der Waals surface area contributed by atoms with Gasteiger partial charge in [0.15, 0.2) is 5.50 Å². The summed E-state index contributed by atoms with van der Waals surface area (Å²) in [5.41, 5.74) is -3.81. The molecule has 1 spiro atoms. The summed E-state index contributed by atoms with van der Waals surface area (Å²) >= 11 is 4.57. The molecule has 1 saturated heterocycles. The van der Waals surface area contributed by atoms with Gasteiger partial charge in [-0.1, -0.05) is 12.8 Å². The monoisotopic (exact) mass is 492 g/mol. The van der Waals surface area contributed by atoms with Gasteiger partial charge in [-0.15, -0.1) is 12.6 Å². The smallest absolute Gasteiger partial charge is 0.355 e. The summed E-state index contributed by atoms with van der Waals surface area (Å²) in [5.74, 6) is -1.86. The van der Waals surface area contributed by atoms with Crippen LogP contribution in [0, 0.1) is 17.1 Å². The van der Waals surface area contributed by atoms with Crippen LogP contribution in [0.5, 0.6) is 0 Å². The first-order valence-electron chi connectivity index (χ1n) is 10.5. The van der Waals surface area contributed by atoms with Crippen LogP contribution < -0.4 is 15.1 Å². The summed E-state index contributed by atoms with van der Waals surface area (Å²) < 4.78 is 55.4. The second kappa shape index (κ2) is 8.51. The molecule has 1 aliphatic carbocycles. The fourth-order valence-corrected chi connectivity index (χ4v) is 5.39. The van der Waals surface area contributed by atoms with Crippen LogP contribution in [0.2, 0.25) is 0 Å². The molecular weight excluding hydrogens is 472 g/mol. The van der Waals surface area contributed by atoms with E-state index in [-0.39, 0.29) is 16.9 Å². The van der Waals surface area contributed by atoms with E-state index in [4.69, 9.17) is 5.26 Å². The van der Waals surface area contributed by atoms with Crippen LogP contribution >= 0.6 is 12.6 Å². The highest BCUT2D eigenvalue weighted by Gasteiger charge is 2.58. The molecule has 2 amide bonds. The average Bonchev–Trinajstić information content (AvgIpc) is 3.36. The third-order valence-electron chi connectivity index (χ3n) is 6.38. The maximum absolute atomic E-state index is 14.8. The molecule has 11 heteroatoms. The van der Waals surface area contributed by atoms with Crippen LogP contribution in [0.4, 0.5) is 28.9 Å². The SMILES string of the molecule is CNC(=O)c1ccc(N2C(S)N(c3ccc(C#N)c(C(F)(F)F)c3)C(=O)C23CCCC3)cc1F. The van der Waals surface area contributed by atoms with E-state index < -0.39 is 46.0 Å². The number of nitrogens with one attached hydrogen (secondary N) is 1. The van der Waals surface area contributed by atoms with Crippen LogP contribution in [0.3, 0.4) is 0 Å². The van der Waals surface area contributed by atoms with Crippen molar-refractivity contribution >= 4 is 35.8 Å². The largest absolute Gasteiger partial charge is 0.417 e. The number of rotatable bonds is 3. The Balaban J connectivity index is 1.82. The first-order chi connectivity index (χ1) is 16.0. The van der Waals surface area contributed by atoms with Gasteiger partial charge in [0.05, 0.1) is 22.8 Å². The zero-order chi connectivity index (χ0) is 24.8. The van der Waals surface area contributed by atoms with Crippen molar-refractivity contribution < 1.29 is 27.2 Å². The van der Waals surface area contributed by atoms with E-state index >= 15 is 0 Å². The highest BCUT2D eigenvalue weighted by atomic mass is 32.1. The summed E-state index contributed by atoms with van der Waals surface area (Å²) in [6, 6.07) is 8.50. The first-order valence-corrected chi connectivity index (χ1v) is 11.0. The molecule has 0 aromatic heterocycles. The predicted octanol–water partition coefficient (Wildman–Crippen LogP) is 4.46. The standard InChI is InChI=1S/C23H20F4N4O2S/c1-29-19(32)16-7-6-15(11-18(16)24)31-21(34)30(20(33)22(31)8-2-3-9-22)14-5-4-13(12-28)17(10-14)23(25,26)27/h4-7,10-11,21,34H,2-3,8-9H2,1H3,(H,29,32). The molecule has 178 valence electrons. The van der Waals surface area contributed by atoms with E-state index in [1.54, 1.807) is 4.90 Å². The normalized spacial score (nSPS) is 19.6. The molecule has 0 bridgehead atoms. The number of nitrogens with zero attached hydrogens (tertiary/aromatic N) is 3. The Bertz CT molecular complexity index is 1200. The highest BCUT2D eigenvalue weighted by molar-refractivity contribution is 7.81. The van der Waals surface area contributed by atoms with Crippen LogP contribution in [-0.2, 0) is 11.0 Å². The molecule has 34 heavy (non-hydrogen) atoms. The van der Waals surface area contributed by atoms with Gasteiger partial charge in [0, 0.05) is 18.4 Å². The Labute approximate surface area is 198 Å². The molecule has 1 saturated carbocycles. The molecule has 2 aromatic rings. The van der Waals surface area contributed by atoms with E-state index in [1.165, 1.54) is 31.3 Å². The number of alkyl halides is 3. The molecule has 1 N–H and O–H groups in total. The summed E-state index contributed by atoms with van der Waals surface area (Å²) in [4.78, 5) is 28.3. The number of benzene rings is 2. The fourth-order valence-electron chi connectivity index (χ4n) is 4.80. The van der Waals surface area contributed by atoms with Crippen molar-refractivity contribution in [3.63, 3.8) is 0 Å². The zero-order valence-corrected chi connectivity index (χ0v) is 18.9. The Morgan fingerprint density at radius 1 is 1.18 bits per heavy atom. The van der Waals surface area contributed by atoms with E-state index in [0.717, 1.165) is 23.1 Å². The number of thiol groups is 1. The number of hydrogen-bond donors (Lipinski definition) is 2. The van der Waals surface area contributed by atoms with Crippen molar-refractivity contribution in [3.05, 3.63) is 58.9 Å². The van der Waals surface area contributed by atoms with Gasteiger partial charge in [-0.2, -0.15) is 18.4 Å². The summed E-state index contributed by atoms with van der Waals surface area (Å²) in [6.07, 6.45) is -2.55. The van der Waals surface area contributed by atoms with Crippen LogP contribution in [0.1, 0.15) is 47.2 Å². The van der Waals surface area contributed by atoms with Crippen molar-refractivity contribution in [2.45, 2.75) is 42.9 Å². The van der Waals surface area contributed by atoms with E-state index in [2.05, 4.69) is 17.9 Å². The van der Waals surface area contributed by atoms with Crippen molar-refractivity contribution in [2.75, 3.05) is 16.8 Å². The van der Waals surface area contributed by atoms with Gasteiger partial charge < -0.3 is 10.2 Å². The number of anilines is 2. The van der Waals surface area contributed by atoms with Gasteiger partial charge in [-0.3, -0.25) is 14.5 Å². The molecular formula is C23H20F4N4O2S. The average molecular weight is 492 g/mol. The topological polar surface area (TPSA) is 76.4 Å². The van der Waals surface area contributed by atoms with Gasteiger partial charge in [0.1, 0.15) is 11.4 Å². The van der Waals surface area contributed by atoms with Crippen LogP contribution in [0.25, 0.3) is 0 Å². The molecule has 1 aliphatic heterocycles. The Morgan fingerprint density at radius 3 is 2.38 bits per heavy atom. The van der Waals surface area contributed by atoms with Crippen molar-refractivity contribution in [3.8, 4) is 6.07 Å². The Kier molecular flexibility index (Phi) is 5.97. The Morgan fingerprint density at radius 2 is 1.82 bits per heavy atom. The Hall–Kier alpha value is -3.26. The molecule has 4 rings (SSSR count). The third kappa shape index (κ3) is 3.66.